The predicted molar refractivity (Wildman–Crippen MR) is 105 cm³/mol. The lowest BCUT2D eigenvalue weighted by Crippen LogP contribution is -2.52. The Labute approximate surface area is 177 Å². The molecule has 0 aromatic rings. The summed E-state index contributed by atoms with van der Waals surface area (Å²) in [6, 6.07) is -3.40. The number of amides is 5. The van der Waals surface area contributed by atoms with E-state index in [4.69, 9.17) is 15.9 Å². The summed E-state index contributed by atoms with van der Waals surface area (Å²) in [4.78, 5) is 68.8. The number of carboxylic acids is 1. The number of rotatable bonds is 13. The Hall–Kier alpha value is -2.91. The van der Waals surface area contributed by atoms with Crippen LogP contribution in [0.3, 0.4) is 0 Å². The normalized spacial score (nSPS) is 13.2. The van der Waals surface area contributed by atoms with E-state index in [2.05, 4.69) is 39.2 Å². The molecule has 3 atom stereocenters. The monoisotopic (exact) mass is 450 g/mol. The van der Waals surface area contributed by atoms with E-state index in [9.17, 15) is 28.8 Å². The summed E-state index contributed by atoms with van der Waals surface area (Å²) < 4.78 is 0. The summed E-state index contributed by atoms with van der Waals surface area (Å²) in [5.74, 6) is -5.02. The van der Waals surface area contributed by atoms with Crippen LogP contribution >= 0.6 is 12.6 Å². The second-order valence-corrected chi connectivity index (χ2v) is 6.30. The Bertz CT molecular complexity index is 661. The summed E-state index contributed by atoms with van der Waals surface area (Å²) in [5.41, 5.74) is 5.29. The minimum absolute atomic E-state index is 0.132. The smallest absolute Gasteiger partial charge is 0.327 e. The molecular formula is C15H26N6O8S. The fraction of sp³-hybridized carbons (Fsp3) is 0.600. The van der Waals surface area contributed by atoms with Crippen molar-refractivity contribution in [2.24, 2.45) is 5.73 Å². The van der Waals surface area contributed by atoms with Crippen LogP contribution in [0.5, 0.6) is 0 Å². The van der Waals surface area contributed by atoms with E-state index in [0.29, 0.717) is 0 Å². The zero-order valence-corrected chi connectivity index (χ0v) is 17.0. The Morgan fingerprint density at radius 3 is 1.83 bits per heavy atom. The van der Waals surface area contributed by atoms with Crippen LogP contribution < -0.4 is 32.3 Å². The van der Waals surface area contributed by atoms with Crippen LogP contribution in [0, 0.1) is 0 Å². The van der Waals surface area contributed by atoms with Crippen molar-refractivity contribution in [2.75, 3.05) is 32.0 Å². The van der Waals surface area contributed by atoms with Crippen molar-refractivity contribution in [3.63, 3.8) is 0 Å². The largest absolute Gasteiger partial charge is 0.480 e. The van der Waals surface area contributed by atoms with E-state index in [1.165, 1.54) is 6.92 Å². The third-order valence-electron chi connectivity index (χ3n) is 3.42. The van der Waals surface area contributed by atoms with Crippen LogP contribution in [-0.2, 0) is 28.8 Å². The van der Waals surface area contributed by atoms with Gasteiger partial charge in [-0.1, -0.05) is 0 Å². The average Bonchev–Trinajstić information content (AvgIpc) is 2.71. The van der Waals surface area contributed by atoms with Crippen molar-refractivity contribution >= 4 is 48.1 Å². The molecule has 30 heavy (non-hydrogen) atoms. The van der Waals surface area contributed by atoms with Gasteiger partial charge in [-0.15, -0.1) is 0 Å². The van der Waals surface area contributed by atoms with Gasteiger partial charge in [0.05, 0.1) is 26.2 Å². The molecule has 170 valence electrons. The molecule has 0 spiro atoms. The summed E-state index contributed by atoms with van der Waals surface area (Å²) in [7, 11) is 0. The van der Waals surface area contributed by atoms with Gasteiger partial charge in [0.25, 0.3) is 0 Å². The molecule has 9 N–H and O–H groups in total. The average molecular weight is 450 g/mol. The topological polar surface area (TPSA) is 229 Å². The molecule has 5 amide bonds. The number of nitrogens with one attached hydrogen (secondary N) is 5. The van der Waals surface area contributed by atoms with E-state index < -0.39 is 79.9 Å². The Morgan fingerprint density at radius 1 is 0.867 bits per heavy atom. The maximum absolute atomic E-state index is 11.8. The van der Waals surface area contributed by atoms with Gasteiger partial charge in [-0.25, -0.2) is 4.79 Å². The van der Waals surface area contributed by atoms with Crippen LogP contribution in [0.1, 0.15) is 6.92 Å². The predicted octanol–water partition coefficient (Wildman–Crippen LogP) is -5.34. The van der Waals surface area contributed by atoms with Gasteiger partial charge in [0.1, 0.15) is 18.1 Å². The van der Waals surface area contributed by atoms with Crippen LogP contribution in [0.4, 0.5) is 0 Å². The van der Waals surface area contributed by atoms with Gasteiger partial charge in [-0.2, -0.15) is 12.6 Å². The quantitative estimate of drug-likeness (QED) is 0.122. The van der Waals surface area contributed by atoms with Crippen molar-refractivity contribution in [1.82, 2.24) is 26.6 Å². The maximum Gasteiger partial charge on any atom is 0.327 e. The first kappa shape index (κ1) is 27.1. The molecule has 0 aromatic carbocycles. The highest BCUT2D eigenvalue weighted by atomic mass is 32.1. The molecule has 0 aliphatic heterocycles. The van der Waals surface area contributed by atoms with Crippen LogP contribution in [-0.4, -0.2) is 95.8 Å². The van der Waals surface area contributed by atoms with Gasteiger partial charge in [0.2, 0.25) is 29.5 Å². The lowest BCUT2D eigenvalue weighted by atomic mass is 10.2. The summed E-state index contributed by atoms with van der Waals surface area (Å²) in [5, 5.41) is 28.5. The molecular weight excluding hydrogens is 424 g/mol. The lowest BCUT2D eigenvalue weighted by Gasteiger charge is -2.16. The van der Waals surface area contributed by atoms with E-state index in [1.54, 1.807) is 0 Å². The highest BCUT2D eigenvalue weighted by Gasteiger charge is 2.20. The summed E-state index contributed by atoms with van der Waals surface area (Å²) >= 11 is 3.77. The number of carbonyl (C=O) groups excluding carboxylic acids is 5. The number of aliphatic hydroxyl groups excluding tert-OH is 1. The van der Waals surface area contributed by atoms with Gasteiger partial charge in [0, 0.05) is 5.75 Å². The Balaban J connectivity index is 4.14. The zero-order chi connectivity index (χ0) is 23.3. The van der Waals surface area contributed by atoms with Crippen molar-refractivity contribution in [1.29, 1.82) is 0 Å². The number of carbonyl (C=O) groups is 6. The number of carboxylic acid groups (broad SMARTS) is 1. The fourth-order valence-corrected chi connectivity index (χ4v) is 1.95. The molecule has 0 saturated carbocycles. The first-order valence-corrected chi connectivity index (χ1v) is 9.26. The number of aliphatic hydroxyl groups is 1. The van der Waals surface area contributed by atoms with Gasteiger partial charge in [0.15, 0.2) is 0 Å². The zero-order valence-electron chi connectivity index (χ0n) is 16.1. The molecule has 0 aromatic heterocycles. The molecule has 0 heterocycles. The SMILES string of the molecule is C[C@H](NC(=O)[C@@H](N)CO)C(=O)NCC(=O)NCC(=O)NCC(=O)N[C@@H](CS)C(=O)O. The molecule has 0 radical (unpaired) electrons. The second kappa shape index (κ2) is 14.1. The number of nitrogens with two attached hydrogens (primary N) is 1. The third-order valence-corrected chi connectivity index (χ3v) is 3.78. The summed E-state index contributed by atoms with van der Waals surface area (Å²) in [6.07, 6.45) is 0. The standard InChI is InChI=1S/C15H26N6O8S/c1-7(20-14(27)8(16)5-22)13(26)19-3-11(24)17-2-10(23)18-4-12(25)21-9(6-30)15(28)29/h7-9,22,30H,2-6,16H2,1H3,(H,17,24)(H,18,23)(H,19,26)(H,20,27)(H,21,25)(H,28,29)/t7-,8-,9-/m0/s1. The highest BCUT2D eigenvalue weighted by Crippen LogP contribution is 1.88. The summed E-state index contributed by atoms with van der Waals surface area (Å²) in [6.45, 7) is -0.732. The van der Waals surface area contributed by atoms with Gasteiger partial charge in [-0.05, 0) is 6.92 Å². The van der Waals surface area contributed by atoms with Gasteiger partial charge < -0.3 is 42.5 Å². The molecule has 14 nitrogen and oxygen atoms in total. The molecule has 0 aliphatic carbocycles. The van der Waals surface area contributed by atoms with Crippen molar-refractivity contribution < 1.29 is 39.0 Å². The van der Waals surface area contributed by atoms with Crippen LogP contribution in [0.25, 0.3) is 0 Å². The molecule has 0 fully saturated rings. The minimum Gasteiger partial charge on any atom is -0.480 e. The molecule has 0 aliphatic rings. The van der Waals surface area contributed by atoms with Crippen molar-refractivity contribution in [3.8, 4) is 0 Å². The number of thiol groups is 1. The number of hydrogen-bond acceptors (Lipinski definition) is 9. The third kappa shape index (κ3) is 11.2. The number of aliphatic carboxylic acids is 1. The Morgan fingerprint density at radius 2 is 1.37 bits per heavy atom. The molecule has 15 heteroatoms. The van der Waals surface area contributed by atoms with E-state index in [-0.39, 0.29) is 5.75 Å². The van der Waals surface area contributed by atoms with Crippen molar-refractivity contribution in [2.45, 2.75) is 25.0 Å². The minimum atomic E-state index is -1.27. The Kier molecular flexibility index (Phi) is 12.8. The maximum atomic E-state index is 11.8. The van der Waals surface area contributed by atoms with Gasteiger partial charge in [-0.3, -0.25) is 24.0 Å². The van der Waals surface area contributed by atoms with Gasteiger partial charge >= 0.3 is 5.97 Å². The number of hydrogen-bond donors (Lipinski definition) is 9. The van der Waals surface area contributed by atoms with Crippen LogP contribution in [0.2, 0.25) is 0 Å². The van der Waals surface area contributed by atoms with E-state index in [1.807, 2.05) is 0 Å². The molecule has 0 unspecified atom stereocenters. The molecule has 0 rings (SSSR count). The highest BCUT2D eigenvalue weighted by molar-refractivity contribution is 7.80. The van der Waals surface area contributed by atoms with E-state index in [0.717, 1.165) is 0 Å². The first-order valence-electron chi connectivity index (χ1n) is 8.62. The second-order valence-electron chi connectivity index (χ2n) is 5.93. The van der Waals surface area contributed by atoms with Crippen LogP contribution in [0.15, 0.2) is 0 Å². The molecule has 0 saturated heterocycles. The molecule has 0 bridgehead atoms. The van der Waals surface area contributed by atoms with E-state index >= 15 is 0 Å². The fourth-order valence-electron chi connectivity index (χ4n) is 1.70. The lowest BCUT2D eigenvalue weighted by molar-refractivity contribution is -0.141. The first-order chi connectivity index (χ1) is 14.0. The van der Waals surface area contributed by atoms with Crippen molar-refractivity contribution in [3.05, 3.63) is 0 Å².